The summed E-state index contributed by atoms with van der Waals surface area (Å²) in [5.41, 5.74) is 7.65. The van der Waals surface area contributed by atoms with Gasteiger partial charge in [0.2, 0.25) is 0 Å². The second-order valence-corrected chi connectivity index (χ2v) is 3.89. The molecule has 17 heavy (non-hydrogen) atoms. The second-order valence-electron chi connectivity index (χ2n) is 3.89. The second kappa shape index (κ2) is 4.84. The molecule has 0 saturated carbocycles. The Hall–Kier alpha value is -2.07. The Balaban J connectivity index is 2.19. The van der Waals surface area contributed by atoms with E-state index < -0.39 is 12.0 Å². The summed E-state index contributed by atoms with van der Waals surface area (Å²) in [4.78, 5) is 10.6. The largest absolute Gasteiger partial charge is 0.481 e. The van der Waals surface area contributed by atoms with Crippen molar-refractivity contribution >= 4 is 5.97 Å². The van der Waals surface area contributed by atoms with E-state index in [4.69, 9.17) is 10.8 Å². The maximum atomic E-state index is 10.6. The molecule has 0 radical (unpaired) electrons. The van der Waals surface area contributed by atoms with Crippen molar-refractivity contribution in [3.05, 3.63) is 54.4 Å². The van der Waals surface area contributed by atoms with Crippen LogP contribution in [-0.4, -0.2) is 15.6 Å². The molecule has 2 rings (SSSR count). The molecule has 0 bridgehead atoms. The van der Waals surface area contributed by atoms with Crippen LogP contribution in [0.1, 0.15) is 18.0 Å². The van der Waals surface area contributed by atoms with Crippen molar-refractivity contribution in [3.63, 3.8) is 0 Å². The van der Waals surface area contributed by atoms with Crippen LogP contribution >= 0.6 is 0 Å². The maximum Gasteiger partial charge on any atom is 0.305 e. The quantitative estimate of drug-likeness (QED) is 0.843. The highest BCUT2D eigenvalue weighted by molar-refractivity contribution is 5.67. The van der Waals surface area contributed by atoms with E-state index in [2.05, 4.69) is 0 Å². The first-order valence-electron chi connectivity index (χ1n) is 5.37. The van der Waals surface area contributed by atoms with Crippen LogP contribution < -0.4 is 5.73 Å². The first kappa shape index (κ1) is 11.4. The molecule has 0 aliphatic rings. The van der Waals surface area contributed by atoms with Gasteiger partial charge >= 0.3 is 5.97 Å². The molecule has 0 saturated heterocycles. The van der Waals surface area contributed by atoms with E-state index in [9.17, 15) is 4.79 Å². The molecule has 2 aromatic rings. The van der Waals surface area contributed by atoms with E-state index in [0.717, 1.165) is 11.3 Å². The summed E-state index contributed by atoms with van der Waals surface area (Å²) in [7, 11) is 0. The van der Waals surface area contributed by atoms with Crippen molar-refractivity contribution in [3.8, 4) is 5.69 Å². The number of aromatic nitrogens is 1. The topological polar surface area (TPSA) is 68.2 Å². The highest BCUT2D eigenvalue weighted by Crippen LogP contribution is 2.17. The molecule has 4 nitrogen and oxygen atoms in total. The molecule has 4 heteroatoms. The molecular weight excluding hydrogens is 216 g/mol. The fraction of sp³-hybridized carbons (Fsp3) is 0.154. The van der Waals surface area contributed by atoms with Crippen LogP contribution in [0.3, 0.4) is 0 Å². The highest BCUT2D eigenvalue weighted by atomic mass is 16.4. The van der Waals surface area contributed by atoms with Gasteiger partial charge in [-0.25, -0.2) is 0 Å². The molecule has 1 atom stereocenters. The van der Waals surface area contributed by atoms with Gasteiger partial charge < -0.3 is 15.4 Å². The van der Waals surface area contributed by atoms with Gasteiger partial charge in [-0.15, -0.1) is 0 Å². The van der Waals surface area contributed by atoms with Crippen molar-refractivity contribution in [2.75, 3.05) is 0 Å². The summed E-state index contributed by atoms with van der Waals surface area (Å²) in [6, 6.07) is 11.2. The van der Waals surface area contributed by atoms with Crippen LogP contribution in [0.15, 0.2) is 48.8 Å². The van der Waals surface area contributed by atoms with Crippen molar-refractivity contribution < 1.29 is 9.90 Å². The number of benzene rings is 1. The minimum absolute atomic E-state index is 0.0567. The van der Waals surface area contributed by atoms with Crippen molar-refractivity contribution in [2.45, 2.75) is 12.5 Å². The van der Waals surface area contributed by atoms with E-state index in [1.54, 1.807) is 0 Å². The molecule has 0 aliphatic carbocycles. The van der Waals surface area contributed by atoms with Gasteiger partial charge in [0.25, 0.3) is 0 Å². The van der Waals surface area contributed by atoms with Crippen LogP contribution in [0.2, 0.25) is 0 Å². The first-order valence-corrected chi connectivity index (χ1v) is 5.37. The molecule has 3 N–H and O–H groups in total. The average Bonchev–Trinajstić information content (AvgIpc) is 2.78. The number of aliphatic carboxylic acids is 1. The third kappa shape index (κ3) is 2.73. The average molecular weight is 230 g/mol. The van der Waals surface area contributed by atoms with Crippen LogP contribution in [-0.2, 0) is 4.79 Å². The van der Waals surface area contributed by atoms with Gasteiger partial charge in [0.1, 0.15) is 0 Å². The predicted molar refractivity (Wildman–Crippen MR) is 65.0 cm³/mol. The number of carbonyl (C=O) groups is 1. The first-order chi connectivity index (χ1) is 8.16. The zero-order chi connectivity index (χ0) is 12.3. The molecular formula is C13H14N2O2. The smallest absolute Gasteiger partial charge is 0.305 e. The standard InChI is InChI=1S/C13H14N2O2/c14-12(8-13(16)17)10-6-7-15(9-10)11-4-2-1-3-5-11/h1-7,9,12H,8,14H2,(H,16,17). The molecule has 0 spiro atoms. The fourth-order valence-electron chi connectivity index (χ4n) is 1.70. The third-order valence-corrected chi connectivity index (χ3v) is 2.59. The Morgan fingerprint density at radius 3 is 2.65 bits per heavy atom. The number of rotatable bonds is 4. The minimum Gasteiger partial charge on any atom is -0.481 e. The minimum atomic E-state index is -0.884. The SMILES string of the molecule is NC(CC(=O)O)c1ccn(-c2ccccc2)c1. The summed E-state index contributed by atoms with van der Waals surface area (Å²) in [5.74, 6) is -0.884. The lowest BCUT2D eigenvalue weighted by atomic mass is 10.1. The van der Waals surface area contributed by atoms with Gasteiger partial charge in [0.05, 0.1) is 6.42 Å². The zero-order valence-electron chi connectivity index (χ0n) is 9.28. The third-order valence-electron chi connectivity index (χ3n) is 2.59. The van der Waals surface area contributed by atoms with E-state index in [-0.39, 0.29) is 6.42 Å². The van der Waals surface area contributed by atoms with E-state index in [1.807, 2.05) is 53.4 Å². The van der Waals surface area contributed by atoms with Crippen LogP contribution in [0.4, 0.5) is 0 Å². The van der Waals surface area contributed by atoms with Gasteiger partial charge in [-0.1, -0.05) is 18.2 Å². The number of hydrogen-bond acceptors (Lipinski definition) is 2. The van der Waals surface area contributed by atoms with Gasteiger partial charge in [0, 0.05) is 24.1 Å². The zero-order valence-corrected chi connectivity index (χ0v) is 9.28. The van der Waals surface area contributed by atoms with Crippen molar-refractivity contribution in [1.29, 1.82) is 0 Å². The molecule has 0 aliphatic heterocycles. The monoisotopic (exact) mass is 230 g/mol. The van der Waals surface area contributed by atoms with Crippen molar-refractivity contribution in [1.82, 2.24) is 4.57 Å². The predicted octanol–water partition coefficient (Wildman–Crippen LogP) is 1.95. The van der Waals surface area contributed by atoms with Gasteiger partial charge in [-0.2, -0.15) is 0 Å². The van der Waals surface area contributed by atoms with Crippen molar-refractivity contribution in [2.24, 2.45) is 5.73 Å². The fourth-order valence-corrected chi connectivity index (χ4v) is 1.70. The number of para-hydroxylation sites is 1. The number of carboxylic acids is 1. The Morgan fingerprint density at radius 2 is 2.00 bits per heavy atom. The molecule has 1 aromatic heterocycles. The van der Waals surface area contributed by atoms with E-state index in [1.165, 1.54) is 0 Å². The number of hydrogen-bond donors (Lipinski definition) is 2. The van der Waals surface area contributed by atoms with Gasteiger partial charge in [0.15, 0.2) is 0 Å². The summed E-state index contributed by atoms with van der Waals surface area (Å²) in [6.07, 6.45) is 3.69. The molecule has 1 aromatic carbocycles. The lowest BCUT2D eigenvalue weighted by Crippen LogP contribution is -2.14. The van der Waals surface area contributed by atoms with Gasteiger partial charge in [-0.05, 0) is 23.8 Å². The molecule has 0 fully saturated rings. The van der Waals surface area contributed by atoms with E-state index in [0.29, 0.717) is 0 Å². The molecule has 1 heterocycles. The maximum absolute atomic E-state index is 10.6. The number of nitrogens with zero attached hydrogens (tertiary/aromatic N) is 1. The number of nitrogens with two attached hydrogens (primary N) is 1. The Kier molecular flexibility index (Phi) is 3.25. The molecule has 88 valence electrons. The van der Waals surface area contributed by atoms with Crippen LogP contribution in [0.5, 0.6) is 0 Å². The normalized spacial score (nSPS) is 12.3. The van der Waals surface area contributed by atoms with Crippen LogP contribution in [0, 0.1) is 0 Å². The van der Waals surface area contributed by atoms with E-state index >= 15 is 0 Å². The van der Waals surface area contributed by atoms with Crippen LogP contribution in [0.25, 0.3) is 5.69 Å². The Bertz CT molecular complexity index is 505. The summed E-state index contributed by atoms with van der Waals surface area (Å²) >= 11 is 0. The van der Waals surface area contributed by atoms with Gasteiger partial charge in [-0.3, -0.25) is 4.79 Å². The highest BCUT2D eigenvalue weighted by Gasteiger charge is 2.11. The lowest BCUT2D eigenvalue weighted by molar-refractivity contribution is -0.137. The Morgan fingerprint density at radius 1 is 1.29 bits per heavy atom. The summed E-state index contributed by atoms with van der Waals surface area (Å²) in [5, 5.41) is 8.68. The molecule has 1 unspecified atom stereocenters. The lowest BCUT2D eigenvalue weighted by Gasteiger charge is -2.06. The molecule has 0 amide bonds. The summed E-state index contributed by atoms with van der Waals surface area (Å²) in [6.45, 7) is 0. The Labute approximate surface area is 99.3 Å². The summed E-state index contributed by atoms with van der Waals surface area (Å²) < 4.78 is 1.93. The number of carboxylic acid groups (broad SMARTS) is 1.